The van der Waals surface area contributed by atoms with Crippen LogP contribution in [0.1, 0.15) is 11.1 Å². The van der Waals surface area contributed by atoms with Crippen molar-refractivity contribution < 1.29 is 0 Å². The van der Waals surface area contributed by atoms with E-state index in [1.807, 2.05) is 12.3 Å². The summed E-state index contributed by atoms with van der Waals surface area (Å²) in [4.78, 5) is 4.22. The summed E-state index contributed by atoms with van der Waals surface area (Å²) in [5.74, 6) is 0. The molecule has 0 fully saturated rings. The maximum Gasteiger partial charge on any atom is 0.0926 e. The molecule has 0 aliphatic carbocycles. The largest absolute Gasteiger partial charge is 0.378 e. The van der Waals surface area contributed by atoms with Crippen LogP contribution in [0.3, 0.4) is 0 Å². The van der Waals surface area contributed by atoms with E-state index in [0.29, 0.717) is 6.54 Å². The molecule has 4 aromatic rings. The third kappa shape index (κ3) is 3.47. The Labute approximate surface area is 152 Å². The number of nitrogens with one attached hydrogen (secondary N) is 1. The second-order valence-corrected chi connectivity index (χ2v) is 6.16. The van der Waals surface area contributed by atoms with Crippen molar-refractivity contribution in [3.8, 4) is 16.8 Å². The van der Waals surface area contributed by atoms with Crippen molar-refractivity contribution in [2.75, 3.05) is 5.32 Å². The topological polar surface area (TPSA) is 55.6 Å². The average molecular weight is 341 g/mol. The Balaban J connectivity index is 1.54. The molecule has 0 aliphatic rings. The molecule has 5 nitrogen and oxygen atoms in total. The second-order valence-electron chi connectivity index (χ2n) is 6.16. The normalized spacial score (nSPS) is 10.7. The fourth-order valence-electron chi connectivity index (χ4n) is 2.86. The van der Waals surface area contributed by atoms with Crippen LogP contribution in [0.5, 0.6) is 0 Å². The molecular weight excluding hydrogens is 322 g/mol. The number of pyridine rings is 1. The molecule has 2 aromatic heterocycles. The van der Waals surface area contributed by atoms with E-state index in [2.05, 4.69) is 76.1 Å². The van der Waals surface area contributed by atoms with E-state index in [4.69, 9.17) is 0 Å². The highest BCUT2D eigenvalue weighted by Crippen LogP contribution is 2.22. The second kappa shape index (κ2) is 7.19. The first kappa shape index (κ1) is 16.0. The van der Waals surface area contributed by atoms with Crippen molar-refractivity contribution in [2.45, 2.75) is 13.5 Å². The molecule has 0 bridgehead atoms. The molecule has 0 saturated heterocycles. The Morgan fingerprint density at radius 2 is 1.85 bits per heavy atom. The molecule has 1 N–H and O–H groups in total. The lowest BCUT2D eigenvalue weighted by molar-refractivity contribution is 0.801. The van der Waals surface area contributed by atoms with Crippen molar-refractivity contribution in [3.05, 3.63) is 90.5 Å². The number of hydrogen-bond acceptors (Lipinski definition) is 4. The first-order chi connectivity index (χ1) is 12.8. The number of hydrogen-bond donors (Lipinski definition) is 1. The van der Waals surface area contributed by atoms with Crippen LogP contribution in [0.25, 0.3) is 16.8 Å². The SMILES string of the molecule is Cc1ccc(-c2cccc(CNc3cnccc3-n3ccnn3)c2)cc1. The summed E-state index contributed by atoms with van der Waals surface area (Å²) in [5, 5.41) is 11.4. The van der Waals surface area contributed by atoms with Crippen LogP contribution < -0.4 is 5.32 Å². The van der Waals surface area contributed by atoms with E-state index in [1.54, 1.807) is 23.3 Å². The smallest absolute Gasteiger partial charge is 0.0926 e. The maximum atomic E-state index is 4.22. The zero-order valence-corrected chi connectivity index (χ0v) is 14.5. The summed E-state index contributed by atoms with van der Waals surface area (Å²) < 4.78 is 1.73. The third-order valence-corrected chi connectivity index (χ3v) is 4.26. The van der Waals surface area contributed by atoms with Crippen LogP contribution in [0.15, 0.2) is 79.4 Å². The van der Waals surface area contributed by atoms with E-state index >= 15 is 0 Å². The van der Waals surface area contributed by atoms with Crippen molar-refractivity contribution >= 4 is 5.69 Å². The van der Waals surface area contributed by atoms with Gasteiger partial charge in [0.05, 0.1) is 30.0 Å². The first-order valence-electron chi connectivity index (χ1n) is 8.50. The number of aryl methyl sites for hydroxylation is 1. The van der Waals surface area contributed by atoms with Crippen molar-refractivity contribution in [2.24, 2.45) is 0 Å². The van der Waals surface area contributed by atoms with Gasteiger partial charge in [0.15, 0.2) is 0 Å². The Bertz CT molecular complexity index is 991. The summed E-state index contributed by atoms with van der Waals surface area (Å²) in [7, 11) is 0. The highest BCUT2D eigenvalue weighted by Gasteiger charge is 2.06. The molecule has 2 heterocycles. The molecule has 5 heteroatoms. The molecule has 4 rings (SSSR count). The molecule has 0 unspecified atom stereocenters. The van der Waals surface area contributed by atoms with Crippen LogP contribution in [-0.2, 0) is 6.54 Å². The summed E-state index contributed by atoms with van der Waals surface area (Å²) in [6, 6.07) is 19.1. The van der Waals surface area contributed by atoms with Crippen molar-refractivity contribution in [3.63, 3.8) is 0 Å². The van der Waals surface area contributed by atoms with Gasteiger partial charge >= 0.3 is 0 Å². The molecule has 0 amide bonds. The number of aromatic nitrogens is 4. The van der Waals surface area contributed by atoms with E-state index in [9.17, 15) is 0 Å². The summed E-state index contributed by atoms with van der Waals surface area (Å²) >= 11 is 0. The summed E-state index contributed by atoms with van der Waals surface area (Å²) in [6.45, 7) is 2.80. The van der Waals surface area contributed by atoms with Gasteiger partial charge in [-0.2, -0.15) is 0 Å². The number of rotatable bonds is 5. The number of anilines is 1. The van der Waals surface area contributed by atoms with E-state index < -0.39 is 0 Å². The fraction of sp³-hybridized carbons (Fsp3) is 0.0952. The van der Waals surface area contributed by atoms with Crippen LogP contribution in [0.4, 0.5) is 5.69 Å². The van der Waals surface area contributed by atoms with E-state index in [-0.39, 0.29) is 0 Å². The Kier molecular flexibility index (Phi) is 4.43. The molecule has 0 radical (unpaired) electrons. The number of benzene rings is 2. The molecule has 128 valence electrons. The molecule has 26 heavy (non-hydrogen) atoms. The lowest BCUT2D eigenvalue weighted by Crippen LogP contribution is -2.05. The highest BCUT2D eigenvalue weighted by molar-refractivity contribution is 5.65. The zero-order chi connectivity index (χ0) is 17.8. The predicted octanol–water partition coefficient (Wildman–Crippen LogP) is 4.25. The van der Waals surface area contributed by atoms with Crippen LogP contribution >= 0.6 is 0 Å². The molecule has 0 saturated carbocycles. The van der Waals surface area contributed by atoms with E-state index in [0.717, 1.165) is 11.4 Å². The highest BCUT2D eigenvalue weighted by atomic mass is 15.4. The Morgan fingerprint density at radius 1 is 0.962 bits per heavy atom. The predicted molar refractivity (Wildman–Crippen MR) is 103 cm³/mol. The summed E-state index contributed by atoms with van der Waals surface area (Å²) in [5.41, 5.74) is 6.75. The molecule has 0 spiro atoms. The maximum absolute atomic E-state index is 4.22. The Hall–Kier alpha value is -3.47. The van der Waals surface area contributed by atoms with Gasteiger partial charge in [-0.05, 0) is 35.7 Å². The quantitative estimate of drug-likeness (QED) is 0.589. The van der Waals surface area contributed by atoms with Crippen LogP contribution in [0, 0.1) is 6.92 Å². The lowest BCUT2D eigenvalue weighted by Gasteiger charge is -2.12. The van der Waals surface area contributed by atoms with Gasteiger partial charge in [-0.15, -0.1) is 5.10 Å². The standard InChI is InChI=1S/C21H19N5/c1-16-5-7-18(8-6-16)19-4-2-3-17(13-19)14-23-20-15-22-10-9-21(20)26-12-11-24-25-26/h2-13,15,23H,14H2,1H3. The van der Waals surface area contributed by atoms with Gasteiger partial charge in [0.1, 0.15) is 0 Å². The third-order valence-electron chi connectivity index (χ3n) is 4.26. The minimum Gasteiger partial charge on any atom is -0.378 e. The van der Waals surface area contributed by atoms with Crippen molar-refractivity contribution in [1.29, 1.82) is 0 Å². The summed E-state index contributed by atoms with van der Waals surface area (Å²) in [6.07, 6.45) is 7.04. The first-order valence-corrected chi connectivity index (χ1v) is 8.50. The van der Waals surface area contributed by atoms with Gasteiger partial charge in [0.2, 0.25) is 0 Å². The average Bonchev–Trinajstić information content (AvgIpc) is 3.22. The van der Waals surface area contributed by atoms with Gasteiger partial charge < -0.3 is 5.32 Å². The van der Waals surface area contributed by atoms with Gasteiger partial charge in [0, 0.05) is 12.7 Å². The van der Waals surface area contributed by atoms with Crippen LogP contribution in [-0.4, -0.2) is 20.0 Å². The van der Waals surface area contributed by atoms with E-state index in [1.165, 1.54) is 22.3 Å². The number of nitrogens with zero attached hydrogens (tertiary/aromatic N) is 4. The van der Waals surface area contributed by atoms with Gasteiger partial charge in [0.25, 0.3) is 0 Å². The Morgan fingerprint density at radius 3 is 2.65 bits per heavy atom. The molecule has 2 aromatic carbocycles. The fourth-order valence-corrected chi connectivity index (χ4v) is 2.86. The zero-order valence-electron chi connectivity index (χ0n) is 14.5. The van der Waals surface area contributed by atoms with Gasteiger partial charge in [-0.25, -0.2) is 4.68 Å². The molecular formula is C21H19N5. The van der Waals surface area contributed by atoms with Crippen LogP contribution in [0.2, 0.25) is 0 Å². The lowest BCUT2D eigenvalue weighted by atomic mass is 10.0. The monoisotopic (exact) mass is 341 g/mol. The minimum absolute atomic E-state index is 0.701. The molecule has 0 atom stereocenters. The minimum atomic E-state index is 0.701. The van der Waals surface area contributed by atoms with Gasteiger partial charge in [-0.1, -0.05) is 53.2 Å². The molecule has 0 aliphatic heterocycles. The van der Waals surface area contributed by atoms with Gasteiger partial charge in [-0.3, -0.25) is 4.98 Å². The van der Waals surface area contributed by atoms with Crippen molar-refractivity contribution in [1.82, 2.24) is 20.0 Å².